The molecule has 3 atom stereocenters. The van der Waals surface area contributed by atoms with Crippen molar-refractivity contribution in [2.45, 2.75) is 108 Å². The smallest absolute Gasteiger partial charge is 0.329 e. The van der Waals surface area contributed by atoms with Gasteiger partial charge in [-0.25, -0.2) is 4.79 Å². The number of likely N-dealkylation sites (tertiary alicyclic amines) is 1. The lowest BCUT2D eigenvalue weighted by Gasteiger charge is -2.29. The van der Waals surface area contributed by atoms with Gasteiger partial charge in [-0.3, -0.25) is 18.6 Å². The average molecular weight is 749 g/mol. The molecular weight excluding hydrogens is 697 g/mol. The Kier molecular flexibility index (Phi) is 14.8. The summed E-state index contributed by atoms with van der Waals surface area (Å²) in [5.41, 5.74) is 1.75. The van der Waals surface area contributed by atoms with Gasteiger partial charge in [-0.05, 0) is 102 Å². The van der Waals surface area contributed by atoms with Gasteiger partial charge in [0.2, 0.25) is 11.8 Å². The van der Waals surface area contributed by atoms with Crippen molar-refractivity contribution in [1.82, 2.24) is 10.2 Å². The summed E-state index contributed by atoms with van der Waals surface area (Å²) in [5, 5.41) is 12.9. The van der Waals surface area contributed by atoms with Crippen molar-refractivity contribution in [2.75, 3.05) is 13.2 Å². The maximum atomic E-state index is 14.2. The zero-order chi connectivity index (χ0) is 38.6. The number of ketones is 1. The normalized spacial score (nSPS) is 15.1. The van der Waals surface area contributed by atoms with Crippen LogP contribution in [0.4, 0.5) is 0 Å². The van der Waals surface area contributed by atoms with Crippen LogP contribution in [-0.2, 0) is 51.1 Å². The summed E-state index contributed by atoms with van der Waals surface area (Å²) < 4.78 is 36.1. The summed E-state index contributed by atoms with van der Waals surface area (Å²) in [6.45, 7) is 7.33. The third-order valence-electron chi connectivity index (χ3n) is 9.08. The molecule has 0 spiro atoms. The number of amides is 2. The van der Waals surface area contributed by atoms with Crippen LogP contribution in [0.15, 0.2) is 83.8 Å². The van der Waals surface area contributed by atoms with Crippen molar-refractivity contribution < 1.29 is 41.6 Å². The van der Waals surface area contributed by atoms with E-state index < -0.39 is 45.6 Å². The maximum Gasteiger partial charge on any atom is 0.329 e. The number of unbranched alkanes of at least 4 members (excludes halogenated alkanes) is 1. The second-order valence-corrected chi connectivity index (χ2v) is 16.3. The second kappa shape index (κ2) is 19.0. The fraction of sp³-hybridized carbons (Fsp3) is 0.463. The molecule has 0 bridgehead atoms. The molecule has 2 N–H and O–H groups in total. The van der Waals surface area contributed by atoms with Crippen LogP contribution in [0.1, 0.15) is 82.4 Å². The van der Waals surface area contributed by atoms with Gasteiger partial charge in [-0.1, -0.05) is 60.2 Å². The summed E-state index contributed by atoms with van der Waals surface area (Å²) >= 11 is 0. The number of hydrogen-bond donors (Lipinski definition) is 2. The Bertz CT molecular complexity index is 1800. The van der Waals surface area contributed by atoms with E-state index in [2.05, 4.69) is 5.32 Å². The fourth-order valence-electron chi connectivity index (χ4n) is 6.30. The van der Waals surface area contributed by atoms with E-state index in [1.165, 1.54) is 18.2 Å². The molecule has 286 valence electrons. The summed E-state index contributed by atoms with van der Waals surface area (Å²) in [6.07, 6.45) is 2.56. The van der Waals surface area contributed by atoms with E-state index in [0.717, 1.165) is 11.1 Å². The molecule has 1 aliphatic rings. The summed E-state index contributed by atoms with van der Waals surface area (Å²) in [7, 11) is -3.96. The number of aromatic hydroxyl groups is 1. The molecule has 0 aromatic heterocycles. The molecule has 3 aromatic rings. The van der Waals surface area contributed by atoms with Crippen molar-refractivity contribution in [3.8, 4) is 5.75 Å². The van der Waals surface area contributed by atoms with E-state index in [-0.39, 0.29) is 54.6 Å². The summed E-state index contributed by atoms with van der Waals surface area (Å²) in [5.74, 6) is -2.33. The Balaban J connectivity index is 1.49. The quantitative estimate of drug-likeness (QED) is 0.0873. The number of benzene rings is 3. The third-order valence-corrected chi connectivity index (χ3v) is 10.4. The first-order chi connectivity index (χ1) is 25.1. The predicted octanol–water partition coefficient (Wildman–Crippen LogP) is 5.84. The Morgan fingerprint density at radius 3 is 2.26 bits per heavy atom. The van der Waals surface area contributed by atoms with E-state index in [4.69, 9.17) is 8.92 Å². The van der Waals surface area contributed by atoms with Gasteiger partial charge in [0.1, 0.15) is 17.4 Å². The summed E-state index contributed by atoms with van der Waals surface area (Å²) in [4.78, 5) is 56.2. The monoisotopic (exact) mass is 748 g/mol. The number of hydrogen-bond acceptors (Lipinski definition) is 9. The highest BCUT2D eigenvalue weighted by Crippen LogP contribution is 2.25. The minimum absolute atomic E-state index is 0.0502. The highest BCUT2D eigenvalue weighted by Gasteiger charge is 2.36. The first-order valence-electron chi connectivity index (χ1n) is 18.2. The van der Waals surface area contributed by atoms with E-state index >= 15 is 0 Å². The molecule has 4 rings (SSSR count). The Labute approximate surface area is 313 Å². The van der Waals surface area contributed by atoms with Crippen molar-refractivity contribution in [3.05, 3.63) is 95.6 Å². The number of esters is 1. The number of carbonyl (C=O) groups excluding carboxylic acids is 4. The van der Waals surface area contributed by atoms with E-state index in [1.807, 2.05) is 37.3 Å². The topological polar surface area (TPSA) is 156 Å². The number of ether oxygens (including phenoxy) is 1. The largest absolute Gasteiger partial charge is 0.508 e. The van der Waals surface area contributed by atoms with Gasteiger partial charge in [-0.2, -0.15) is 8.42 Å². The van der Waals surface area contributed by atoms with Crippen molar-refractivity contribution in [1.29, 1.82) is 0 Å². The molecule has 0 unspecified atom stereocenters. The van der Waals surface area contributed by atoms with E-state index in [1.54, 1.807) is 56.0 Å². The molecule has 1 fully saturated rings. The van der Waals surface area contributed by atoms with Crippen LogP contribution >= 0.6 is 0 Å². The number of nitrogens with zero attached hydrogens (tertiary/aromatic N) is 1. The lowest BCUT2D eigenvalue weighted by molar-refractivity contribution is -0.159. The standard InChI is InChI=1S/C41H52N2O9S/c1-29-18-22-34(23-19-29)53(49,50)51-25-9-8-16-35(40(48)52-41(2,3)4)42-39(47)32(21-20-30-12-6-5-7-13-30)28-37(45)36(43-24-11-17-38(43)46)27-31-14-10-15-33(44)26-31/h5-7,10,12-15,18-19,22-23,26,32,35-36,44H,8-9,11,16-17,20-21,24-25,27-28H2,1-4H3,(H,42,47)/t32-,35+,36+/m1/s1. The first kappa shape index (κ1) is 41.2. The number of aryl methyl sites for hydroxylation is 2. The molecule has 53 heavy (non-hydrogen) atoms. The fourth-order valence-corrected chi connectivity index (χ4v) is 7.24. The number of phenols is 1. The van der Waals surface area contributed by atoms with Crippen LogP contribution in [0, 0.1) is 12.8 Å². The zero-order valence-corrected chi connectivity index (χ0v) is 31.9. The number of nitrogens with one attached hydrogen (secondary N) is 1. The minimum atomic E-state index is -3.96. The molecule has 1 heterocycles. The maximum absolute atomic E-state index is 14.2. The number of carbonyl (C=O) groups is 4. The van der Waals surface area contributed by atoms with Gasteiger partial charge in [0.25, 0.3) is 10.1 Å². The molecule has 0 aliphatic carbocycles. The highest BCUT2D eigenvalue weighted by molar-refractivity contribution is 7.86. The lowest BCUT2D eigenvalue weighted by Crippen LogP contribution is -2.48. The van der Waals surface area contributed by atoms with Crippen LogP contribution < -0.4 is 5.32 Å². The SMILES string of the molecule is Cc1ccc(S(=O)(=O)OCCCC[C@H](NC(=O)[C@H](CCc2ccccc2)CC(=O)[C@H](Cc2cccc(O)c2)N2CCCC2=O)C(=O)OC(C)(C)C)cc1. The first-order valence-corrected chi connectivity index (χ1v) is 19.7. The molecule has 3 aromatic carbocycles. The lowest BCUT2D eigenvalue weighted by atomic mass is 9.89. The molecule has 1 saturated heterocycles. The van der Waals surface area contributed by atoms with Gasteiger partial charge < -0.3 is 20.1 Å². The van der Waals surface area contributed by atoms with Crippen LogP contribution in [0.5, 0.6) is 5.75 Å². The molecule has 0 radical (unpaired) electrons. The molecule has 12 heteroatoms. The number of phenolic OH excluding ortho intramolecular Hbond substituents is 1. The van der Waals surface area contributed by atoms with Crippen LogP contribution in [0.25, 0.3) is 0 Å². The van der Waals surface area contributed by atoms with Gasteiger partial charge in [0, 0.05) is 31.7 Å². The predicted molar refractivity (Wildman–Crippen MR) is 200 cm³/mol. The van der Waals surface area contributed by atoms with Gasteiger partial charge >= 0.3 is 5.97 Å². The Morgan fingerprint density at radius 1 is 0.925 bits per heavy atom. The minimum Gasteiger partial charge on any atom is -0.508 e. The molecule has 0 saturated carbocycles. The van der Waals surface area contributed by atoms with Crippen LogP contribution in [0.3, 0.4) is 0 Å². The van der Waals surface area contributed by atoms with E-state index in [9.17, 15) is 32.7 Å². The van der Waals surface area contributed by atoms with Gasteiger partial charge in [-0.15, -0.1) is 0 Å². The Hall–Kier alpha value is -4.55. The molecule has 1 aliphatic heterocycles. The van der Waals surface area contributed by atoms with Crippen LogP contribution in [0.2, 0.25) is 0 Å². The molecule has 11 nitrogen and oxygen atoms in total. The van der Waals surface area contributed by atoms with Crippen LogP contribution in [-0.4, -0.2) is 72.8 Å². The Morgan fingerprint density at radius 2 is 1.62 bits per heavy atom. The number of Topliss-reactive ketones (excluding diaryl/α,β-unsaturated/α-hetero) is 1. The van der Waals surface area contributed by atoms with Crippen molar-refractivity contribution in [2.24, 2.45) is 5.92 Å². The number of rotatable bonds is 19. The zero-order valence-electron chi connectivity index (χ0n) is 31.1. The van der Waals surface area contributed by atoms with Gasteiger partial charge in [0.15, 0.2) is 5.78 Å². The third kappa shape index (κ3) is 13.1. The van der Waals surface area contributed by atoms with Gasteiger partial charge in [0.05, 0.1) is 17.5 Å². The molecular formula is C41H52N2O9S. The van der Waals surface area contributed by atoms with Crippen molar-refractivity contribution in [3.63, 3.8) is 0 Å². The van der Waals surface area contributed by atoms with E-state index in [0.29, 0.717) is 44.2 Å². The highest BCUT2D eigenvalue weighted by atomic mass is 32.2. The second-order valence-electron chi connectivity index (χ2n) is 14.7. The molecule has 2 amide bonds. The average Bonchev–Trinajstić information content (AvgIpc) is 3.53. The van der Waals surface area contributed by atoms with Crippen molar-refractivity contribution >= 4 is 33.7 Å². The summed E-state index contributed by atoms with van der Waals surface area (Å²) in [6, 6.07) is 20.6.